The molecule has 3 aromatic rings. The summed E-state index contributed by atoms with van der Waals surface area (Å²) in [6, 6.07) is 19.9. The predicted octanol–water partition coefficient (Wildman–Crippen LogP) is 4.24. The van der Waals surface area contributed by atoms with Gasteiger partial charge in [-0.05, 0) is 34.9 Å². The van der Waals surface area contributed by atoms with Crippen LogP contribution in [0.4, 0.5) is 0 Å². The van der Waals surface area contributed by atoms with Gasteiger partial charge in [-0.15, -0.1) is 0 Å². The minimum absolute atomic E-state index is 0.0230. The Hall–Kier alpha value is -3.27. The maximum absolute atomic E-state index is 10.6. The average Bonchev–Trinajstić information content (AvgIpc) is 2.58. The van der Waals surface area contributed by atoms with Gasteiger partial charge in [0.05, 0.1) is 6.21 Å². The van der Waals surface area contributed by atoms with Crippen molar-refractivity contribution in [2.24, 2.45) is 5.16 Å². The number of oxime groups is 1. The van der Waals surface area contributed by atoms with Crippen LogP contribution < -0.4 is 0 Å². The Morgan fingerprint density at radius 1 is 0.739 bits per heavy atom. The Balaban J connectivity index is 2.28. The normalized spacial score (nSPS) is 11.0. The number of hydrogen-bond acceptors (Lipinski definition) is 4. The lowest BCUT2D eigenvalue weighted by molar-refractivity contribution is 0.321. The first kappa shape index (κ1) is 14.7. The molecule has 0 atom stereocenters. The van der Waals surface area contributed by atoms with E-state index < -0.39 is 0 Å². The topological polar surface area (TPSA) is 73.1 Å². The number of aromatic hydroxyl groups is 2. The van der Waals surface area contributed by atoms with Gasteiger partial charge in [0.2, 0.25) is 0 Å². The van der Waals surface area contributed by atoms with Crippen molar-refractivity contribution in [3.63, 3.8) is 0 Å². The van der Waals surface area contributed by atoms with Crippen LogP contribution in [0.25, 0.3) is 22.3 Å². The van der Waals surface area contributed by atoms with Gasteiger partial charge in [-0.25, -0.2) is 0 Å². The Morgan fingerprint density at radius 2 is 1.43 bits per heavy atom. The summed E-state index contributed by atoms with van der Waals surface area (Å²) >= 11 is 0. The smallest absolute Gasteiger partial charge is 0.132 e. The third-order valence-corrected chi connectivity index (χ3v) is 3.65. The van der Waals surface area contributed by atoms with E-state index in [1.54, 1.807) is 30.3 Å². The summed E-state index contributed by atoms with van der Waals surface area (Å²) in [5.41, 5.74) is 3.60. The zero-order valence-corrected chi connectivity index (χ0v) is 12.2. The van der Waals surface area contributed by atoms with E-state index in [4.69, 9.17) is 5.21 Å². The monoisotopic (exact) mass is 305 g/mol. The minimum atomic E-state index is 0.0230. The summed E-state index contributed by atoms with van der Waals surface area (Å²) in [4.78, 5) is 0. The fraction of sp³-hybridized carbons (Fsp3) is 0. The van der Waals surface area contributed by atoms with Gasteiger partial charge in [0.15, 0.2) is 0 Å². The molecule has 0 saturated carbocycles. The lowest BCUT2D eigenvalue weighted by Crippen LogP contribution is -1.91. The molecule has 0 aliphatic heterocycles. The quantitative estimate of drug-likeness (QED) is 0.385. The van der Waals surface area contributed by atoms with Crippen molar-refractivity contribution in [1.29, 1.82) is 0 Å². The van der Waals surface area contributed by atoms with E-state index in [-0.39, 0.29) is 11.5 Å². The van der Waals surface area contributed by atoms with Gasteiger partial charge in [0, 0.05) is 11.1 Å². The molecule has 3 aromatic carbocycles. The summed E-state index contributed by atoms with van der Waals surface area (Å²) in [6.07, 6.45) is 1.19. The largest absolute Gasteiger partial charge is 0.508 e. The maximum atomic E-state index is 10.6. The third-order valence-electron chi connectivity index (χ3n) is 3.65. The van der Waals surface area contributed by atoms with Crippen molar-refractivity contribution in [2.75, 3.05) is 0 Å². The van der Waals surface area contributed by atoms with Crippen LogP contribution in [0.5, 0.6) is 11.5 Å². The van der Waals surface area contributed by atoms with Crippen LogP contribution in [0, 0.1) is 0 Å². The van der Waals surface area contributed by atoms with Crippen molar-refractivity contribution in [3.8, 4) is 33.8 Å². The molecule has 0 aromatic heterocycles. The highest BCUT2D eigenvalue weighted by atomic mass is 16.4. The van der Waals surface area contributed by atoms with Crippen molar-refractivity contribution in [1.82, 2.24) is 0 Å². The molecule has 0 saturated heterocycles. The Bertz CT molecular complexity index is 840. The molecule has 0 aliphatic rings. The second-order valence-electron chi connectivity index (χ2n) is 5.08. The van der Waals surface area contributed by atoms with E-state index in [2.05, 4.69) is 5.16 Å². The third kappa shape index (κ3) is 2.87. The molecule has 0 radical (unpaired) electrons. The van der Waals surface area contributed by atoms with Gasteiger partial charge in [0.25, 0.3) is 0 Å². The number of phenolic OH excluding ortho intramolecular Hbond substituents is 2. The fourth-order valence-corrected chi connectivity index (χ4v) is 2.55. The van der Waals surface area contributed by atoms with Crippen LogP contribution in [-0.2, 0) is 0 Å². The molecule has 0 heterocycles. The number of hydrogen-bond donors (Lipinski definition) is 3. The van der Waals surface area contributed by atoms with Crippen molar-refractivity contribution >= 4 is 6.21 Å². The first-order valence-corrected chi connectivity index (χ1v) is 7.09. The van der Waals surface area contributed by atoms with Gasteiger partial charge in [0.1, 0.15) is 11.5 Å². The second-order valence-corrected chi connectivity index (χ2v) is 5.08. The molecule has 0 spiro atoms. The van der Waals surface area contributed by atoms with E-state index in [1.165, 1.54) is 6.21 Å². The lowest BCUT2D eigenvalue weighted by atomic mass is 9.92. The summed E-state index contributed by atoms with van der Waals surface area (Å²) in [6.45, 7) is 0. The van der Waals surface area contributed by atoms with Gasteiger partial charge in [-0.2, -0.15) is 0 Å². The standard InChI is InChI=1S/C19H15NO3/c21-16-9-6-14(7-10-16)18-17(13-4-2-1-3-5-13)11-8-15(12-20-23)19(18)22/h1-12,21-23H/b20-12+. The van der Waals surface area contributed by atoms with E-state index in [0.717, 1.165) is 16.7 Å². The Morgan fingerprint density at radius 3 is 2.09 bits per heavy atom. The molecular weight excluding hydrogens is 290 g/mol. The SMILES string of the molecule is O/N=C/c1ccc(-c2ccccc2)c(-c2ccc(O)cc2)c1O. The minimum Gasteiger partial charge on any atom is -0.508 e. The molecule has 0 amide bonds. The molecule has 0 unspecified atom stereocenters. The molecule has 3 rings (SSSR count). The Labute approximate surface area is 133 Å². The summed E-state index contributed by atoms with van der Waals surface area (Å²) in [5.74, 6) is 0.178. The molecule has 0 bridgehead atoms. The van der Waals surface area contributed by atoms with E-state index in [1.807, 2.05) is 36.4 Å². The molecule has 23 heavy (non-hydrogen) atoms. The molecule has 0 aliphatic carbocycles. The van der Waals surface area contributed by atoms with Gasteiger partial charge in [-0.1, -0.05) is 53.7 Å². The number of benzene rings is 3. The average molecular weight is 305 g/mol. The Kier molecular flexibility index (Phi) is 3.97. The van der Waals surface area contributed by atoms with Crippen LogP contribution in [-0.4, -0.2) is 21.6 Å². The van der Waals surface area contributed by atoms with Crippen LogP contribution in [0.1, 0.15) is 5.56 Å². The van der Waals surface area contributed by atoms with Crippen LogP contribution >= 0.6 is 0 Å². The van der Waals surface area contributed by atoms with Crippen LogP contribution in [0.2, 0.25) is 0 Å². The van der Waals surface area contributed by atoms with Crippen molar-refractivity contribution in [3.05, 3.63) is 72.3 Å². The second kappa shape index (κ2) is 6.23. The zero-order valence-electron chi connectivity index (χ0n) is 12.2. The summed E-state index contributed by atoms with van der Waals surface area (Å²) in [5, 5.41) is 31.8. The lowest BCUT2D eigenvalue weighted by Gasteiger charge is -2.14. The first-order valence-electron chi connectivity index (χ1n) is 7.09. The highest BCUT2D eigenvalue weighted by Crippen LogP contribution is 2.40. The van der Waals surface area contributed by atoms with Gasteiger partial charge in [-0.3, -0.25) is 0 Å². The molecular formula is C19H15NO3. The molecule has 0 fully saturated rings. The fourth-order valence-electron chi connectivity index (χ4n) is 2.55. The van der Waals surface area contributed by atoms with Gasteiger partial charge < -0.3 is 15.4 Å². The highest BCUT2D eigenvalue weighted by molar-refractivity contribution is 5.95. The molecule has 114 valence electrons. The summed E-state index contributed by atoms with van der Waals surface area (Å²) < 4.78 is 0. The zero-order chi connectivity index (χ0) is 16.2. The van der Waals surface area contributed by atoms with Crippen molar-refractivity contribution in [2.45, 2.75) is 0 Å². The molecule has 4 heteroatoms. The first-order chi connectivity index (χ1) is 11.2. The molecule has 4 nitrogen and oxygen atoms in total. The van der Waals surface area contributed by atoms with E-state index >= 15 is 0 Å². The number of phenols is 2. The van der Waals surface area contributed by atoms with Crippen molar-refractivity contribution < 1.29 is 15.4 Å². The number of rotatable bonds is 3. The van der Waals surface area contributed by atoms with Gasteiger partial charge >= 0.3 is 0 Å². The van der Waals surface area contributed by atoms with E-state index in [9.17, 15) is 10.2 Å². The van der Waals surface area contributed by atoms with Crippen LogP contribution in [0.3, 0.4) is 0 Å². The summed E-state index contributed by atoms with van der Waals surface area (Å²) in [7, 11) is 0. The van der Waals surface area contributed by atoms with E-state index in [0.29, 0.717) is 11.1 Å². The highest BCUT2D eigenvalue weighted by Gasteiger charge is 2.15. The number of nitrogens with zero attached hydrogens (tertiary/aromatic N) is 1. The molecule has 3 N–H and O–H groups in total. The maximum Gasteiger partial charge on any atom is 0.132 e. The van der Waals surface area contributed by atoms with Crippen LogP contribution in [0.15, 0.2) is 71.9 Å². The predicted molar refractivity (Wildman–Crippen MR) is 90.0 cm³/mol.